The van der Waals surface area contributed by atoms with Gasteiger partial charge in [0.1, 0.15) is 6.04 Å². The minimum atomic E-state index is -0.547. The van der Waals surface area contributed by atoms with Crippen LogP contribution in [-0.2, 0) is 9.59 Å². The van der Waals surface area contributed by atoms with Crippen molar-refractivity contribution in [1.29, 1.82) is 0 Å². The lowest BCUT2D eigenvalue weighted by molar-refractivity contribution is -0.128. The fourth-order valence-electron chi connectivity index (χ4n) is 3.12. The summed E-state index contributed by atoms with van der Waals surface area (Å²) in [5.41, 5.74) is 5.31. The van der Waals surface area contributed by atoms with Crippen molar-refractivity contribution in [3.8, 4) is 0 Å². The summed E-state index contributed by atoms with van der Waals surface area (Å²) >= 11 is 0. The maximum absolute atomic E-state index is 11.8. The van der Waals surface area contributed by atoms with Crippen LogP contribution >= 0.6 is 0 Å². The Morgan fingerprint density at radius 2 is 1.16 bits per heavy atom. The molecule has 0 radical (unpaired) electrons. The molecule has 1 atom stereocenters. The van der Waals surface area contributed by atoms with Crippen LogP contribution in [0.5, 0.6) is 0 Å². The number of carbonyl (C=O) groups excluding carboxylic acids is 2. The zero-order valence-electron chi connectivity index (χ0n) is 16.9. The maximum Gasteiger partial charge on any atom is 0.240 e. The normalized spacial score (nSPS) is 12.3. The summed E-state index contributed by atoms with van der Waals surface area (Å²) in [7, 11) is 0. The van der Waals surface area contributed by atoms with Gasteiger partial charge in [-0.3, -0.25) is 9.59 Å². The van der Waals surface area contributed by atoms with Gasteiger partial charge in [0, 0.05) is 6.42 Å². The number of nitrogens with two attached hydrogens (primary N) is 1. The van der Waals surface area contributed by atoms with Gasteiger partial charge in [0.2, 0.25) is 11.8 Å². The molecule has 0 aromatic carbocycles. The summed E-state index contributed by atoms with van der Waals surface area (Å²) in [5.74, 6) is -0.470. The second-order valence-electron chi connectivity index (χ2n) is 7.68. The van der Waals surface area contributed by atoms with Gasteiger partial charge in [0.25, 0.3) is 0 Å². The fourth-order valence-corrected chi connectivity index (χ4v) is 3.12. The Morgan fingerprint density at radius 3 is 1.52 bits per heavy atom. The highest BCUT2D eigenvalue weighted by Gasteiger charge is 2.20. The highest BCUT2D eigenvalue weighted by molar-refractivity contribution is 5.86. The highest BCUT2D eigenvalue weighted by Crippen LogP contribution is 2.13. The zero-order valence-corrected chi connectivity index (χ0v) is 16.9. The molecule has 2 amide bonds. The number of hydrogen-bond acceptors (Lipinski definition) is 2. The van der Waals surface area contributed by atoms with E-state index in [9.17, 15) is 9.59 Å². The van der Waals surface area contributed by atoms with E-state index in [1.54, 1.807) is 0 Å². The van der Waals surface area contributed by atoms with Crippen molar-refractivity contribution >= 4 is 11.8 Å². The average Bonchev–Trinajstić information content (AvgIpc) is 2.56. The van der Waals surface area contributed by atoms with Crippen LogP contribution < -0.4 is 11.1 Å². The van der Waals surface area contributed by atoms with Crippen molar-refractivity contribution in [1.82, 2.24) is 5.32 Å². The van der Waals surface area contributed by atoms with Gasteiger partial charge in [-0.2, -0.15) is 0 Å². The molecular formula is C21H42N2O2. The Bertz CT molecular complexity index is 343. The number of nitrogens with one attached hydrogen (secondary N) is 1. The van der Waals surface area contributed by atoms with Crippen molar-refractivity contribution in [2.75, 3.05) is 0 Å². The lowest BCUT2D eigenvalue weighted by Gasteiger charge is -2.18. The summed E-state index contributed by atoms with van der Waals surface area (Å²) in [4.78, 5) is 23.1. The van der Waals surface area contributed by atoms with Crippen molar-refractivity contribution < 1.29 is 9.59 Å². The van der Waals surface area contributed by atoms with Gasteiger partial charge in [-0.25, -0.2) is 0 Å². The number of primary amides is 1. The summed E-state index contributed by atoms with van der Waals surface area (Å²) in [6.07, 6.45) is 17.3. The van der Waals surface area contributed by atoms with Gasteiger partial charge in [-0.1, -0.05) is 97.8 Å². The van der Waals surface area contributed by atoms with Gasteiger partial charge >= 0.3 is 0 Å². The first-order valence-electron chi connectivity index (χ1n) is 10.6. The van der Waals surface area contributed by atoms with Crippen molar-refractivity contribution in [2.45, 2.75) is 117 Å². The molecule has 148 valence electrons. The molecular weight excluding hydrogens is 312 g/mol. The average molecular weight is 355 g/mol. The predicted octanol–water partition coefficient (Wildman–Crippen LogP) is 5.09. The fraction of sp³-hybridized carbons (Fsp3) is 0.905. The number of carbonyl (C=O) groups is 2. The molecule has 0 aliphatic heterocycles. The van der Waals surface area contributed by atoms with E-state index in [0.29, 0.717) is 6.42 Å². The molecule has 0 aliphatic carbocycles. The Hall–Kier alpha value is -1.06. The Kier molecular flexibility index (Phi) is 15.7. The first-order chi connectivity index (χ1) is 12.0. The van der Waals surface area contributed by atoms with Crippen LogP contribution in [0.2, 0.25) is 0 Å². The molecule has 0 fully saturated rings. The van der Waals surface area contributed by atoms with Gasteiger partial charge in [-0.15, -0.1) is 0 Å². The van der Waals surface area contributed by atoms with E-state index in [4.69, 9.17) is 5.73 Å². The summed E-state index contributed by atoms with van der Waals surface area (Å²) in [6, 6.07) is -0.547. The van der Waals surface area contributed by atoms with E-state index in [2.05, 4.69) is 12.2 Å². The second-order valence-corrected chi connectivity index (χ2v) is 7.68. The highest BCUT2D eigenvalue weighted by atomic mass is 16.2. The standard InChI is InChI=1S/C21H42N2O2/c1-4-5-6-7-8-9-10-11-12-13-14-15-16-17-19(24)23-20(18(2)3)21(22)25/h18,20H,4-17H2,1-3H3,(H2,22,25)(H,23,24)/t20-/m0/s1. The Balaban J connectivity index is 3.40. The predicted molar refractivity (Wildman–Crippen MR) is 106 cm³/mol. The SMILES string of the molecule is CCCCCCCCCCCCCCCC(=O)N[C@H](C(N)=O)C(C)C. The molecule has 0 rings (SSSR count). The van der Waals surface area contributed by atoms with Gasteiger partial charge in [-0.05, 0) is 12.3 Å². The molecule has 3 N–H and O–H groups in total. The third-order valence-electron chi connectivity index (χ3n) is 4.80. The monoisotopic (exact) mass is 354 g/mol. The topological polar surface area (TPSA) is 72.2 Å². The molecule has 0 saturated carbocycles. The molecule has 25 heavy (non-hydrogen) atoms. The summed E-state index contributed by atoms with van der Waals surface area (Å²) in [6.45, 7) is 6.04. The smallest absolute Gasteiger partial charge is 0.240 e. The van der Waals surface area contributed by atoms with E-state index < -0.39 is 11.9 Å². The van der Waals surface area contributed by atoms with Crippen molar-refractivity contribution in [2.24, 2.45) is 11.7 Å². The van der Waals surface area contributed by atoms with Crippen molar-refractivity contribution in [3.05, 3.63) is 0 Å². The number of amides is 2. The van der Waals surface area contributed by atoms with Crippen LogP contribution in [-0.4, -0.2) is 17.9 Å². The van der Waals surface area contributed by atoms with Gasteiger partial charge < -0.3 is 11.1 Å². The van der Waals surface area contributed by atoms with Crippen LogP contribution in [0, 0.1) is 5.92 Å². The third kappa shape index (κ3) is 14.9. The van der Waals surface area contributed by atoms with E-state index in [-0.39, 0.29) is 11.8 Å². The number of hydrogen-bond donors (Lipinski definition) is 2. The largest absolute Gasteiger partial charge is 0.368 e. The Labute approximate surface area is 155 Å². The van der Waals surface area contributed by atoms with E-state index in [0.717, 1.165) is 12.8 Å². The zero-order chi connectivity index (χ0) is 18.9. The van der Waals surface area contributed by atoms with Gasteiger partial charge in [0.05, 0.1) is 0 Å². The molecule has 0 aromatic heterocycles. The molecule has 0 aliphatic rings. The lowest BCUT2D eigenvalue weighted by Crippen LogP contribution is -2.47. The number of rotatable bonds is 17. The molecule has 0 unspecified atom stereocenters. The minimum Gasteiger partial charge on any atom is -0.368 e. The van der Waals surface area contributed by atoms with E-state index in [1.165, 1.54) is 70.6 Å². The molecule has 4 heteroatoms. The molecule has 4 nitrogen and oxygen atoms in total. The van der Waals surface area contributed by atoms with Crippen LogP contribution in [0.4, 0.5) is 0 Å². The molecule has 0 heterocycles. The first kappa shape index (κ1) is 23.9. The van der Waals surface area contributed by atoms with Crippen LogP contribution in [0.25, 0.3) is 0 Å². The summed E-state index contributed by atoms with van der Waals surface area (Å²) < 4.78 is 0. The first-order valence-corrected chi connectivity index (χ1v) is 10.6. The maximum atomic E-state index is 11.8. The van der Waals surface area contributed by atoms with E-state index in [1.807, 2.05) is 13.8 Å². The molecule has 0 aromatic rings. The van der Waals surface area contributed by atoms with Crippen LogP contribution in [0.15, 0.2) is 0 Å². The number of unbranched alkanes of at least 4 members (excludes halogenated alkanes) is 12. The molecule has 0 spiro atoms. The third-order valence-corrected chi connectivity index (χ3v) is 4.80. The minimum absolute atomic E-state index is 0.0353. The summed E-state index contributed by atoms with van der Waals surface area (Å²) in [5, 5.41) is 2.75. The van der Waals surface area contributed by atoms with Gasteiger partial charge in [0.15, 0.2) is 0 Å². The van der Waals surface area contributed by atoms with E-state index >= 15 is 0 Å². The van der Waals surface area contributed by atoms with Crippen LogP contribution in [0.1, 0.15) is 111 Å². The lowest BCUT2D eigenvalue weighted by atomic mass is 10.0. The molecule has 0 saturated heterocycles. The second kappa shape index (κ2) is 16.4. The molecule has 0 bridgehead atoms. The Morgan fingerprint density at radius 1 is 0.760 bits per heavy atom. The van der Waals surface area contributed by atoms with Crippen LogP contribution in [0.3, 0.4) is 0 Å². The van der Waals surface area contributed by atoms with Crippen molar-refractivity contribution in [3.63, 3.8) is 0 Å². The quantitative estimate of drug-likeness (QED) is 0.357.